The highest BCUT2D eigenvalue weighted by molar-refractivity contribution is 6.13. The van der Waals surface area contributed by atoms with Crippen LogP contribution in [0.2, 0.25) is 0 Å². The molecule has 9 aromatic carbocycles. The third-order valence-corrected chi connectivity index (χ3v) is 13.4. The number of rotatable bonds is 8. The number of fused-ring (bicyclic) bond motifs is 3. The Morgan fingerprint density at radius 1 is 0.429 bits per heavy atom. The number of halogens is 6. The molecular formula is C64H33F6N7. The van der Waals surface area contributed by atoms with Crippen molar-refractivity contribution in [2.24, 2.45) is 0 Å². The quantitative estimate of drug-likeness (QED) is 0.112. The zero-order valence-corrected chi connectivity index (χ0v) is 40.0. The highest BCUT2D eigenvalue weighted by Crippen LogP contribution is 2.50. The molecular weight excluding hydrogens is 981 g/mol. The van der Waals surface area contributed by atoms with Crippen molar-refractivity contribution in [2.75, 3.05) is 0 Å². The van der Waals surface area contributed by atoms with Crippen molar-refractivity contribution in [2.45, 2.75) is 12.4 Å². The van der Waals surface area contributed by atoms with Crippen LogP contribution >= 0.6 is 0 Å². The third-order valence-electron chi connectivity index (χ3n) is 13.4. The van der Waals surface area contributed by atoms with Crippen molar-refractivity contribution >= 4 is 33.2 Å². The lowest BCUT2D eigenvalue weighted by Gasteiger charge is -2.24. The lowest BCUT2D eigenvalue weighted by atomic mass is 9.88. The van der Waals surface area contributed by atoms with E-state index >= 15 is 26.3 Å². The van der Waals surface area contributed by atoms with Gasteiger partial charge in [-0.25, -0.2) is 19.7 Å². The van der Waals surface area contributed by atoms with Gasteiger partial charge < -0.3 is 4.57 Å². The number of aromatic nitrogens is 3. The van der Waals surface area contributed by atoms with Crippen LogP contribution in [0.3, 0.4) is 0 Å². The summed E-state index contributed by atoms with van der Waals surface area (Å²) in [7, 11) is 0. The van der Waals surface area contributed by atoms with E-state index in [0.717, 1.165) is 12.1 Å². The SMILES string of the molecule is [C-]#[N+]c1ccc(-c2ccc3c(c2)c2cc(-c4ccc(C#N)cc4[N+]#[C-])ccc2n3-c2c(-c3ccccc3C(F)(F)F)cc(-c3cc(-c4ccccc4)nc(-c4ccccc4)n3)cc2-c2ccccc2C(F)(F)F)c(C#N)c1. The Morgan fingerprint density at radius 2 is 0.948 bits per heavy atom. The first-order chi connectivity index (χ1) is 37.3. The van der Waals surface area contributed by atoms with Gasteiger partial charge in [0.25, 0.3) is 0 Å². The van der Waals surface area contributed by atoms with Crippen molar-refractivity contribution in [3.63, 3.8) is 0 Å². The van der Waals surface area contributed by atoms with Crippen molar-refractivity contribution in [1.29, 1.82) is 10.5 Å². The number of nitriles is 2. The maximum Gasteiger partial charge on any atom is 0.417 e. The minimum Gasteiger partial charge on any atom is -0.308 e. The summed E-state index contributed by atoms with van der Waals surface area (Å²) >= 11 is 0. The van der Waals surface area contributed by atoms with Crippen LogP contribution in [-0.2, 0) is 12.4 Å². The first kappa shape index (κ1) is 48.7. The molecule has 13 heteroatoms. The van der Waals surface area contributed by atoms with Gasteiger partial charge in [-0.3, -0.25) is 0 Å². The zero-order valence-electron chi connectivity index (χ0n) is 40.0. The van der Waals surface area contributed by atoms with Crippen LogP contribution in [0.15, 0.2) is 200 Å². The molecule has 2 heterocycles. The lowest BCUT2D eigenvalue weighted by molar-refractivity contribution is -0.137. The maximum absolute atomic E-state index is 15.6. The molecule has 2 aromatic heterocycles. The largest absolute Gasteiger partial charge is 0.417 e. The first-order valence-corrected chi connectivity index (χ1v) is 23.7. The summed E-state index contributed by atoms with van der Waals surface area (Å²) in [5.41, 5.74) is 2.83. The van der Waals surface area contributed by atoms with Crippen LogP contribution in [0.4, 0.5) is 37.7 Å². The van der Waals surface area contributed by atoms with Gasteiger partial charge in [0.15, 0.2) is 17.2 Å². The lowest BCUT2D eigenvalue weighted by Crippen LogP contribution is -2.11. The second kappa shape index (κ2) is 19.3. The normalized spacial score (nSPS) is 11.5. The topological polar surface area (TPSA) is 87.0 Å². The van der Waals surface area contributed by atoms with Gasteiger partial charge in [-0.1, -0.05) is 127 Å². The molecule has 0 bridgehead atoms. The van der Waals surface area contributed by atoms with Gasteiger partial charge in [0.2, 0.25) is 0 Å². The molecule has 11 rings (SSSR count). The van der Waals surface area contributed by atoms with Gasteiger partial charge in [-0.15, -0.1) is 0 Å². The predicted octanol–water partition coefficient (Wildman–Crippen LogP) is 18.1. The Labute approximate surface area is 436 Å². The minimum atomic E-state index is -4.95. The summed E-state index contributed by atoms with van der Waals surface area (Å²) < 4.78 is 95.5. The van der Waals surface area contributed by atoms with Crippen LogP contribution in [-0.4, -0.2) is 14.5 Å². The van der Waals surface area contributed by atoms with E-state index in [-0.39, 0.29) is 67.5 Å². The van der Waals surface area contributed by atoms with E-state index in [1.807, 2.05) is 36.4 Å². The van der Waals surface area contributed by atoms with Crippen LogP contribution in [0.25, 0.3) is 116 Å². The monoisotopic (exact) mass is 1010 g/mol. The summed E-state index contributed by atoms with van der Waals surface area (Å²) in [6.07, 6.45) is -9.89. The number of hydrogen-bond acceptors (Lipinski definition) is 4. The summed E-state index contributed by atoms with van der Waals surface area (Å²) in [5, 5.41) is 21.0. The van der Waals surface area contributed by atoms with Gasteiger partial charge in [0.1, 0.15) is 0 Å². The van der Waals surface area contributed by atoms with Crippen LogP contribution in [0.5, 0.6) is 0 Å². The number of benzene rings is 9. The van der Waals surface area contributed by atoms with Gasteiger partial charge in [-0.2, -0.15) is 36.9 Å². The summed E-state index contributed by atoms with van der Waals surface area (Å²) in [5.74, 6) is 0.265. The fraction of sp³-hybridized carbons (Fsp3) is 0.0312. The number of hydrogen-bond donors (Lipinski definition) is 0. The Morgan fingerprint density at radius 3 is 1.48 bits per heavy atom. The molecule has 0 atom stereocenters. The molecule has 7 nitrogen and oxygen atoms in total. The maximum atomic E-state index is 15.6. The Balaban J connectivity index is 1.32. The van der Waals surface area contributed by atoms with E-state index in [1.54, 1.807) is 95.6 Å². The molecule has 366 valence electrons. The fourth-order valence-corrected chi connectivity index (χ4v) is 9.92. The fourth-order valence-electron chi connectivity index (χ4n) is 9.92. The molecule has 0 aliphatic rings. The summed E-state index contributed by atoms with van der Waals surface area (Å²) in [6, 6.07) is 56.8. The van der Waals surface area contributed by atoms with Crippen LogP contribution in [0.1, 0.15) is 22.3 Å². The molecule has 0 radical (unpaired) electrons. The molecule has 0 saturated heterocycles. The average Bonchev–Trinajstić information content (AvgIpc) is 4.07. The highest BCUT2D eigenvalue weighted by Gasteiger charge is 2.37. The summed E-state index contributed by atoms with van der Waals surface area (Å²) in [6.45, 7) is 15.6. The third kappa shape index (κ3) is 8.95. The van der Waals surface area contributed by atoms with Crippen molar-refractivity contribution in [3.8, 4) is 96.2 Å². The van der Waals surface area contributed by atoms with E-state index < -0.39 is 23.5 Å². The van der Waals surface area contributed by atoms with E-state index in [1.165, 1.54) is 60.7 Å². The van der Waals surface area contributed by atoms with Gasteiger partial charge >= 0.3 is 12.4 Å². The Bertz CT molecular complexity index is 4090. The van der Waals surface area contributed by atoms with Crippen molar-refractivity contribution in [1.82, 2.24) is 14.5 Å². The zero-order chi connectivity index (χ0) is 53.6. The number of nitrogens with zero attached hydrogens (tertiary/aromatic N) is 7. The van der Waals surface area contributed by atoms with Crippen molar-refractivity contribution in [3.05, 3.63) is 245 Å². The number of alkyl halides is 6. The average molecular weight is 1010 g/mol. The van der Waals surface area contributed by atoms with E-state index in [2.05, 4.69) is 21.8 Å². The molecule has 0 N–H and O–H groups in total. The Hall–Kier alpha value is -10.6. The molecule has 0 aliphatic heterocycles. The standard InChI is InChI=1S/C64H33F6N7/c1-73-45-24-26-46(44(30-45)37-72)41-22-27-59-50(31-41)51-32-42(47-25-21-38(36-71)29-58(47)74-2)23-28-60(51)77(59)61-52(48-17-9-11-19-54(48)63(65,66)67)33-43(34-53(61)49-18-10-12-20-55(49)64(68,69)70)57-35-56(39-13-5-3-6-14-39)75-62(76-57)40-15-7-4-8-16-40/h3-35H. The van der Waals surface area contributed by atoms with Gasteiger partial charge in [0, 0.05) is 49.7 Å². The highest BCUT2D eigenvalue weighted by atomic mass is 19.4. The molecule has 0 saturated carbocycles. The van der Waals surface area contributed by atoms with Crippen LogP contribution in [0, 0.1) is 35.8 Å². The molecule has 0 aliphatic carbocycles. The molecule has 0 fully saturated rings. The van der Waals surface area contributed by atoms with Crippen molar-refractivity contribution < 1.29 is 26.3 Å². The predicted molar refractivity (Wildman–Crippen MR) is 286 cm³/mol. The Kier molecular flexibility index (Phi) is 12.2. The van der Waals surface area contributed by atoms with E-state index in [4.69, 9.17) is 23.1 Å². The summed E-state index contributed by atoms with van der Waals surface area (Å²) in [4.78, 5) is 17.1. The molecule has 11 aromatic rings. The van der Waals surface area contributed by atoms with Gasteiger partial charge in [0.05, 0.1) is 64.5 Å². The molecule has 0 spiro atoms. The molecule has 0 unspecified atom stereocenters. The van der Waals surface area contributed by atoms with E-state index in [0.29, 0.717) is 60.9 Å². The minimum absolute atomic E-state index is 0.0254. The molecule has 0 amide bonds. The second-order valence-corrected chi connectivity index (χ2v) is 17.9. The molecule has 77 heavy (non-hydrogen) atoms. The van der Waals surface area contributed by atoms with Gasteiger partial charge in [-0.05, 0) is 106 Å². The smallest absolute Gasteiger partial charge is 0.308 e. The first-order valence-electron chi connectivity index (χ1n) is 23.7. The van der Waals surface area contributed by atoms with Crippen LogP contribution < -0.4 is 0 Å². The van der Waals surface area contributed by atoms with E-state index in [9.17, 15) is 10.5 Å². The second-order valence-electron chi connectivity index (χ2n) is 17.9.